The Balaban J connectivity index is 1.86. The van der Waals surface area contributed by atoms with Crippen molar-refractivity contribution in [2.75, 3.05) is 6.54 Å². The Bertz CT molecular complexity index is 973. The van der Waals surface area contributed by atoms with Gasteiger partial charge in [-0.05, 0) is 35.4 Å². The van der Waals surface area contributed by atoms with Crippen LogP contribution in [-0.2, 0) is 16.1 Å². The summed E-state index contributed by atoms with van der Waals surface area (Å²) in [6.45, 7) is 5.61. The number of amides is 2. The van der Waals surface area contributed by atoms with Crippen molar-refractivity contribution >= 4 is 33.8 Å². The minimum Gasteiger partial charge on any atom is -0.334 e. The van der Waals surface area contributed by atoms with Crippen molar-refractivity contribution in [3.8, 4) is 0 Å². The highest BCUT2D eigenvalue weighted by Gasteiger charge is 2.30. The molecule has 0 N–H and O–H groups in total. The SMILES string of the molecule is C=CCN(Cc1cc(Br)ccc1F)C(=O)CC1c2ccccc2C=CN1C(C)=O. The Morgan fingerprint density at radius 2 is 2.03 bits per heavy atom. The Morgan fingerprint density at radius 3 is 2.76 bits per heavy atom. The van der Waals surface area contributed by atoms with Gasteiger partial charge in [0.1, 0.15) is 5.82 Å². The number of hydrogen-bond acceptors (Lipinski definition) is 2. The molecule has 6 heteroatoms. The lowest BCUT2D eigenvalue weighted by molar-refractivity contribution is -0.134. The third kappa shape index (κ3) is 4.82. The van der Waals surface area contributed by atoms with E-state index in [2.05, 4.69) is 22.5 Å². The van der Waals surface area contributed by atoms with E-state index in [1.807, 2.05) is 30.3 Å². The first-order valence-electron chi connectivity index (χ1n) is 9.29. The van der Waals surface area contributed by atoms with Crippen LogP contribution in [0.15, 0.2) is 65.8 Å². The molecular formula is C23H22BrFN2O2. The Hall–Kier alpha value is -2.73. The molecule has 1 aliphatic rings. The Labute approximate surface area is 178 Å². The molecule has 2 aromatic carbocycles. The quantitative estimate of drug-likeness (QED) is 0.569. The summed E-state index contributed by atoms with van der Waals surface area (Å²) < 4.78 is 15.0. The second-order valence-corrected chi connectivity index (χ2v) is 7.81. The van der Waals surface area contributed by atoms with E-state index in [1.54, 1.807) is 34.2 Å². The van der Waals surface area contributed by atoms with E-state index in [-0.39, 0.29) is 37.1 Å². The maximum absolute atomic E-state index is 14.2. The fourth-order valence-electron chi connectivity index (χ4n) is 3.49. The topological polar surface area (TPSA) is 40.6 Å². The zero-order chi connectivity index (χ0) is 21.0. The number of rotatable bonds is 6. The van der Waals surface area contributed by atoms with E-state index < -0.39 is 6.04 Å². The van der Waals surface area contributed by atoms with Crippen molar-refractivity contribution in [1.29, 1.82) is 0 Å². The molecule has 0 saturated carbocycles. The monoisotopic (exact) mass is 456 g/mol. The van der Waals surface area contributed by atoms with E-state index in [9.17, 15) is 14.0 Å². The van der Waals surface area contributed by atoms with Crippen molar-refractivity contribution < 1.29 is 14.0 Å². The van der Waals surface area contributed by atoms with E-state index in [0.29, 0.717) is 5.56 Å². The first-order chi connectivity index (χ1) is 13.9. The lowest BCUT2D eigenvalue weighted by atomic mass is 9.93. The maximum Gasteiger partial charge on any atom is 0.225 e. The highest BCUT2D eigenvalue weighted by atomic mass is 79.9. The zero-order valence-electron chi connectivity index (χ0n) is 16.1. The third-order valence-corrected chi connectivity index (χ3v) is 5.40. The molecule has 0 aromatic heterocycles. The van der Waals surface area contributed by atoms with Gasteiger partial charge in [0.25, 0.3) is 0 Å². The van der Waals surface area contributed by atoms with E-state index >= 15 is 0 Å². The molecule has 0 bridgehead atoms. The summed E-state index contributed by atoms with van der Waals surface area (Å²) in [5.41, 5.74) is 2.32. The molecule has 3 rings (SSSR count). The molecule has 1 atom stereocenters. The third-order valence-electron chi connectivity index (χ3n) is 4.91. The van der Waals surface area contributed by atoms with Gasteiger partial charge in [-0.1, -0.05) is 46.3 Å². The lowest BCUT2D eigenvalue weighted by Gasteiger charge is -2.34. The number of nitrogens with zero attached hydrogens (tertiary/aromatic N) is 2. The van der Waals surface area contributed by atoms with E-state index in [4.69, 9.17) is 0 Å². The van der Waals surface area contributed by atoms with Gasteiger partial charge < -0.3 is 9.80 Å². The Morgan fingerprint density at radius 1 is 1.28 bits per heavy atom. The van der Waals surface area contributed by atoms with Gasteiger partial charge in [0.15, 0.2) is 0 Å². The van der Waals surface area contributed by atoms with Gasteiger partial charge >= 0.3 is 0 Å². The summed E-state index contributed by atoms with van der Waals surface area (Å²) in [6, 6.07) is 12.0. The zero-order valence-corrected chi connectivity index (χ0v) is 17.7. The van der Waals surface area contributed by atoms with Crippen LogP contribution in [0, 0.1) is 5.82 Å². The highest BCUT2D eigenvalue weighted by molar-refractivity contribution is 9.10. The van der Waals surface area contributed by atoms with E-state index in [1.165, 1.54) is 13.0 Å². The number of hydrogen-bond donors (Lipinski definition) is 0. The number of carbonyl (C=O) groups is 2. The van der Waals surface area contributed by atoms with Crippen molar-refractivity contribution in [2.45, 2.75) is 25.9 Å². The van der Waals surface area contributed by atoms with Gasteiger partial charge in [0, 0.05) is 36.2 Å². The molecule has 29 heavy (non-hydrogen) atoms. The van der Waals surface area contributed by atoms with Crippen LogP contribution < -0.4 is 0 Å². The number of fused-ring (bicyclic) bond motifs is 1. The van der Waals surface area contributed by atoms with Crippen molar-refractivity contribution in [1.82, 2.24) is 9.80 Å². The van der Waals surface area contributed by atoms with Gasteiger partial charge in [-0.25, -0.2) is 4.39 Å². The molecular weight excluding hydrogens is 435 g/mol. The number of benzene rings is 2. The maximum atomic E-state index is 14.2. The molecule has 0 spiro atoms. The molecule has 1 heterocycles. The van der Waals surface area contributed by atoms with Crippen molar-refractivity contribution in [3.05, 3.63) is 88.3 Å². The average Bonchev–Trinajstić information content (AvgIpc) is 2.70. The summed E-state index contributed by atoms with van der Waals surface area (Å²) in [7, 11) is 0. The van der Waals surface area contributed by atoms with Crippen LogP contribution in [0.2, 0.25) is 0 Å². The first-order valence-corrected chi connectivity index (χ1v) is 10.1. The van der Waals surface area contributed by atoms with Gasteiger partial charge in [-0.2, -0.15) is 0 Å². The predicted molar refractivity (Wildman–Crippen MR) is 115 cm³/mol. The normalized spacial score (nSPS) is 15.0. The average molecular weight is 457 g/mol. The Kier molecular flexibility index (Phi) is 6.64. The largest absolute Gasteiger partial charge is 0.334 e. The van der Waals surface area contributed by atoms with Crippen LogP contribution in [-0.4, -0.2) is 28.2 Å². The smallest absolute Gasteiger partial charge is 0.225 e. The minimum atomic E-state index is -0.402. The fourth-order valence-corrected chi connectivity index (χ4v) is 3.90. The molecule has 0 saturated heterocycles. The van der Waals surface area contributed by atoms with Crippen LogP contribution in [0.5, 0.6) is 0 Å². The molecule has 0 aliphatic carbocycles. The lowest BCUT2D eigenvalue weighted by Crippen LogP contribution is -2.37. The van der Waals surface area contributed by atoms with Crippen LogP contribution in [0.1, 0.15) is 36.1 Å². The summed E-state index contributed by atoms with van der Waals surface area (Å²) in [5, 5.41) is 0. The van der Waals surface area contributed by atoms with Crippen LogP contribution >= 0.6 is 15.9 Å². The van der Waals surface area contributed by atoms with Crippen molar-refractivity contribution in [2.24, 2.45) is 0 Å². The summed E-state index contributed by atoms with van der Waals surface area (Å²) in [4.78, 5) is 28.4. The summed E-state index contributed by atoms with van der Waals surface area (Å²) in [5.74, 6) is -0.682. The molecule has 2 amide bonds. The van der Waals surface area contributed by atoms with Gasteiger partial charge in [0.05, 0.1) is 12.5 Å². The second kappa shape index (κ2) is 9.18. The van der Waals surface area contributed by atoms with Crippen LogP contribution in [0.25, 0.3) is 6.08 Å². The molecule has 2 aromatic rings. The molecule has 4 nitrogen and oxygen atoms in total. The van der Waals surface area contributed by atoms with Gasteiger partial charge in [-0.3, -0.25) is 9.59 Å². The minimum absolute atomic E-state index is 0.102. The van der Waals surface area contributed by atoms with E-state index in [0.717, 1.165) is 15.6 Å². The summed E-state index contributed by atoms with van der Waals surface area (Å²) in [6.07, 6.45) is 5.31. The molecule has 1 aliphatic heterocycles. The molecule has 1 unspecified atom stereocenters. The number of carbonyl (C=O) groups excluding carboxylic acids is 2. The second-order valence-electron chi connectivity index (χ2n) is 6.89. The van der Waals surface area contributed by atoms with Gasteiger partial charge in [0.2, 0.25) is 11.8 Å². The highest BCUT2D eigenvalue weighted by Crippen LogP contribution is 2.33. The first kappa shape index (κ1) is 21.0. The standard InChI is InChI=1S/C23H22BrFN2O2/c1-3-11-26(15-18-13-19(24)8-9-21(18)25)23(29)14-22-20-7-5-4-6-17(20)10-12-27(22)16(2)28/h3-10,12-13,22H,1,11,14-15H2,2H3. The van der Waals surface area contributed by atoms with Crippen LogP contribution in [0.4, 0.5) is 4.39 Å². The van der Waals surface area contributed by atoms with Crippen molar-refractivity contribution in [3.63, 3.8) is 0 Å². The molecule has 0 fully saturated rings. The van der Waals surface area contributed by atoms with Gasteiger partial charge in [-0.15, -0.1) is 6.58 Å². The number of halogens is 2. The predicted octanol–water partition coefficient (Wildman–Crippen LogP) is 5.07. The molecule has 0 radical (unpaired) electrons. The summed E-state index contributed by atoms with van der Waals surface area (Å²) >= 11 is 3.34. The fraction of sp³-hybridized carbons (Fsp3) is 0.217. The van der Waals surface area contributed by atoms with Crippen LogP contribution in [0.3, 0.4) is 0 Å². The molecule has 150 valence electrons.